The van der Waals surface area contributed by atoms with Crippen molar-refractivity contribution < 1.29 is 18.0 Å². The summed E-state index contributed by atoms with van der Waals surface area (Å²) in [5.74, 6) is -0.996. The van der Waals surface area contributed by atoms with E-state index in [9.17, 15) is 18.0 Å². The smallest absolute Gasteiger partial charge is 0.247 e. The van der Waals surface area contributed by atoms with Gasteiger partial charge in [-0.15, -0.1) is 0 Å². The Morgan fingerprint density at radius 1 is 1.03 bits per heavy atom. The van der Waals surface area contributed by atoms with E-state index in [1.807, 2.05) is 42.5 Å². The second kappa shape index (κ2) is 11.5. The van der Waals surface area contributed by atoms with Gasteiger partial charge in [0.1, 0.15) is 12.1 Å². The van der Waals surface area contributed by atoms with Crippen LogP contribution >= 0.6 is 11.3 Å². The number of anilines is 2. The minimum absolute atomic E-state index is 0.167. The first kappa shape index (κ1) is 26.8. The molecular weight excluding hydrogens is 534 g/mol. The fraction of sp³-hybridized carbons (Fsp3) is 0.250. The Labute approximate surface area is 231 Å². The number of benzene rings is 3. The topological polar surface area (TPSA) is 134 Å². The van der Waals surface area contributed by atoms with E-state index >= 15 is 0 Å². The van der Waals surface area contributed by atoms with Gasteiger partial charge >= 0.3 is 0 Å². The summed E-state index contributed by atoms with van der Waals surface area (Å²) in [6.07, 6.45) is 1.29. The number of carbonyl (C=O) groups is 2. The van der Waals surface area contributed by atoms with Gasteiger partial charge in [0.2, 0.25) is 21.8 Å². The lowest BCUT2D eigenvalue weighted by Crippen LogP contribution is -2.53. The molecule has 4 N–H and O–H groups in total. The van der Waals surface area contributed by atoms with Crippen molar-refractivity contribution in [1.82, 2.24) is 14.6 Å². The molecular formula is C28H29N5O4S2. The fourth-order valence-electron chi connectivity index (χ4n) is 4.83. The first-order valence-corrected chi connectivity index (χ1v) is 15.1. The van der Waals surface area contributed by atoms with Gasteiger partial charge in [-0.05, 0) is 48.6 Å². The minimum Gasteiger partial charge on any atom is -0.375 e. The normalized spacial score (nSPS) is 16.3. The van der Waals surface area contributed by atoms with Crippen LogP contribution in [0.2, 0.25) is 0 Å². The van der Waals surface area contributed by atoms with Crippen LogP contribution < -0.4 is 15.8 Å². The molecule has 0 bridgehead atoms. The van der Waals surface area contributed by atoms with Gasteiger partial charge in [-0.1, -0.05) is 72.0 Å². The molecule has 1 aromatic heterocycles. The van der Waals surface area contributed by atoms with Gasteiger partial charge in [0.05, 0.1) is 16.0 Å². The third kappa shape index (κ3) is 6.62. The molecule has 1 aliphatic rings. The molecule has 39 heavy (non-hydrogen) atoms. The Bertz CT molecular complexity index is 1580. The zero-order chi connectivity index (χ0) is 27.4. The molecule has 9 nitrogen and oxygen atoms in total. The number of amides is 2. The summed E-state index contributed by atoms with van der Waals surface area (Å²) in [4.78, 5) is 32.9. The molecule has 0 radical (unpaired) electrons. The quantitative estimate of drug-likeness (QED) is 0.285. The lowest BCUT2D eigenvalue weighted by atomic mass is 10.1. The first-order valence-electron chi connectivity index (χ1n) is 12.6. The largest absolute Gasteiger partial charge is 0.375 e. The standard InChI is InChI=1S/C28H29N5O4S2/c29-28-31-22-17-21(13-14-25(22)38-28)30-26(34)24-12-7-15-33(24)27(35)23(16-19-8-3-1-4-9-19)32-39(36,37)18-20-10-5-2-6-11-20/h1-6,8-11,13-14,17,23-24,32H,7,12,15-16,18H2,(H2,29,31)(H,30,34)/t23-,24+/m1/s1. The maximum absolute atomic E-state index is 13.8. The van der Waals surface area contributed by atoms with Crippen molar-refractivity contribution in [1.29, 1.82) is 0 Å². The predicted molar refractivity (Wildman–Crippen MR) is 154 cm³/mol. The van der Waals surface area contributed by atoms with Crippen molar-refractivity contribution in [2.24, 2.45) is 0 Å². The van der Waals surface area contributed by atoms with Crippen LogP contribution in [0.15, 0.2) is 78.9 Å². The van der Waals surface area contributed by atoms with Crippen LogP contribution in [0.3, 0.4) is 0 Å². The molecule has 3 aromatic carbocycles. The maximum Gasteiger partial charge on any atom is 0.247 e. The van der Waals surface area contributed by atoms with E-state index in [-0.39, 0.29) is 18.1 Å². The van der Waals surface area contributed by atoms with Crippen LogP contribution in [0.25, 0.3) is 10.2 Å². The van der Waals surface area contributed by atoms with Crippen molar-refractivity contribution in [2.45, 2.75) is 37.1 Å². The average molecular weight is 564 g/mol. The molecule has 11 heteroatoms. The average Bonchev–Trinajstić information content (AvgIpc) is 3.54. The highest BCUT2D eigenvalue weighted by Gasteiger charge is 2.38. The number of carbonyl (C=O) groups excluding carboxylic acids is 2. The number of nitrogens with zero attached hydrogens (tertiary/aromatic N) is 2. The van der Waals surface area contributed by atoms with E-state index in [2.05, 4.69) is 15.0 Å². The highest BCUT2D eigenvalue weighted by atomic mass is 32.2. The number of hydrogen-bond donors (Lipinski definition) is 3. The van der Waals surface area contributed by atoms with E-state index in [1.165, 1.54) is 16.2 Å². The molecule has 0 saturated carbocycles. The van der Waals surface area contributed by atoms with Crippen molar-refractivity contribution >= 4 is 54.2 Å². The summed E-state index contributed by atoms with van der Waals surface area (Å²) in [6, 6.07) is 21.6. The van der Waals surface area contributed by atoms with Crippen LogP contribution in [0.1, 0.15) is 24.0 Å². The number of fused-ring (bicyclic) bond motifs is 1. The summed E-state index contributed by atoms with van der Waals surface area (Å²) in [5.41, 5.74) is 8.47. The van der Waals surface area contributed by atoms with Crippen LogP contribution in [-0.2, 0) is 31.8 Å². The Morgan fingerprint density at radius 3 is 2.44 bits per heavy atom. The monoisotopic (exact) mass is 563 g/mol. The lowest BCUT2D eigenvalue weighted by Gasteiger charge is -2.29. The van der Waals surface area contributed by atoms with Gasteiger partial charge in [0, 0.05) is 12.2 Å². The van der Waals surface area contributed by atoms with Crippen molar-refractivity contribution in [3.63, 3.8) is 0 Å². The minimum atomic E-state index is -3.85. The zero-order valence-corrected chi connectivity index (χ0v) is 22.8. The lowest BCUT2D eigenvalue weighted by molar-refractivity contribution is -0.138. The highest BCUT2D eigenvalue weighted by Crippen LogP contribution is 2.27. The van der Waals surface area contributed by atoms with Crippen molar-refractivity contribution in [2.75, 3.05) is 17.6 Å². The third-order valence-corrected chi connectivity index (χ3v) is 8.83. The van der Waals surface area contributed by atoms with Crippen molar-refractivity contribution in [3.8, 4) is 0 Å². The van der Waals surface area contributed by atoms with Crippen LogP contribution in [0.4, 0.5) is 10.8 Å². The number of nitrogens with two attached hydrogens (primary N) is 1. The Kier molecular flexibility index (Phi) is 7.92. The molecule has 0 unspecified atom stereocenters. The van der Waals surface area contributed by atoms with Gasteiger partial charge < -0.3 is 16.0 Å². The summed E-state index contributed by atoms with van der Waals surface area (Å²) in [6.45, 7) is 0.365. The van der Waals surface area contributed by atoms with Crippen LogP contribution in [-0.4, -0.2) is 48.7 Å². The third-order valence-electron chi connectivity index (χ3n) is 6.61. The maximum atomic E-state index is 13.8. The van der Waals surface area contributed by atoms with E-state index in [4.69, 9.17) is 5.73 Å². The van der Waals surface area contributed by atoms with Gasteiger partial charge in [0.15, 0.2) is 5.13 Å². The van der Waals surface area contributed by atoms with Gasteiger partial charge in [-0.2, -0.15) is 0 Å². The van der Waals surface area contributed by atoms with Crippen LogP contribution in [0, 0.1) is 0 Å². The van der Waals surface area contributed by atoms with E-state index in [0.717, 1.165) is 10.3 Å². The molecule has 2 amide bonds. The predicted octanol–water partition coefficient (Wildman–Crippen LogP) is 3.54. The van der Waals surface area contributed by atoms with E-state index < -0.39 is 28.0 Å². The first-order chi connectivity index (χ1) is 18.8. The van der Waals surface area contributed by atoms with Gasteiger partial charge in [0.25, 0.3) is 0 Å². The SMILES string of the molecule is Nc1nc2cc(NC(=O)[C@@H]3CCCN3C(=O)[C@@H](Cc3ccccc3)NS(=O)(=O)Cc3ccccc3)ccc2s1. The van der Waals surface area contributed by atoms with E-state index in [1.54, 1.807) is 36.4 Å². The number of rotatable bonds is 9. The Balaban J connectivity index is 1.34. The molecule has 2 heterocycles. The Morgan fingerprint density at radius 2 is 1.72 bits per heavy atom. The number of nitrogen functional groups attached to an aromatic ring is 1. The summed E-state index contributed by atoms with van der Waals surface area (Å²) < 4.78 is 29.8. The zero-order valence-electron chi connectivity index (χ0n) is 21.1. The number of likely N-dealkylation sites (tertiary alicyclic amines) is 1. The Hall–Kier alpha value is -3.80. The number of sulfonamides is 1. The molecule has 4 aromatic rings. The number of nitrogens with one attached hydrogen (secondary N) is 2. The summed E-state index contributed by atoms with van der Waals surface area (Å²) >= 11 is 1.36. The highest BCUT2D eigenvalue weighted by molar-refractivity contribution is 7.88. The van der Waals surface area contributed by atoms with Gasteiger partial charge in [-0.3, -0.25) is 9.59 Å². The van der Waals surface area contributed by atoms with Crippen molar-refractivity contribution in [3.05, 3.63) is 90.0 Å². The molecule has 202 valence electrons. The van der Waals surface area contributed by atoms with Gasteiger partial charge in [-0.25, -0.2) is 18.1 Å². The number of thiazole rings is 1. The number of hydrogen-bond acceptors (Lipinski definition) is 7. The molecule has 2 atom stereocenters. The second-order valence-electron chi connectivity index (χ2n) is 9.52. The molecule has 1 fully saturated rings. The second-order valence-corrected chi connectivity index (χ2v) is 12.3. The van der Waals surface area contributed by atoms with Crippen LogP contribution in [0.5, 0.6) is 0 Å². The van der Waals surface area contributed by atoms with E-state index in [0.29, 0.717) is 41.3 Å². The molecule has 1 aliphatic heterocycles. The molecule has 0 aliphatic carbocycles. The fourth-order valence-corrected chi connectivity index (χ4v) is 6.88. The summed E-state index contributed by atoms with van der Waals surface area (Å²) in [7, 11) is -3.85. The molecule has 1 saturated heterocycles. The number of aromatic nitrogens is 1. The summed E-state index contributed by atoms with van der Waals surface area (Å²) in [5, 5.41) is 3.34. The molecule has 0 spiro atoms. The molecule has 5 rings (SSSR count).